The van der Waals surface area contributed by atoms with Gasteiger partial charge in [0.15, 0.2) is 0 Å². The number of fused-ring (bicyclic) bond motifs is 1. The first-order valence-electron chi connectivity index (χ1n) is 8.83. The maximum absolute atomic E-state index is 13.1. The van der Waals surface area contributed by atoms with Crippen LogP contribution in [0.2, 0.25) is 0 Å². The minimum absolute atomic E-state index is 0.102. The highest BCUT2D eigenvalue weighted by Gasteiger charge is 2.34. The Balaban J connectivity index is 1.59. The van der Waals surface area contributed by atoms with Crippen molar-refractivity contribution in [3.05, 3.63) is 40.7 Å². The number of aryl methyl sites for hydroxylation is 2. The van der Waals surface area contributed by atoms with E-state index in [-0.39, 0.29) is 5.91 Å². The summed E-state index contributed by atoms with van der Waals surface area (Å²) in [5.74, 6) is 1.41. The average molecular weight is 325 g/mol. The predicted molar refractivity (Wildman–Crippen MR) is 89.7 cm³/mol. The number of rotatable bonds is 4. The molecule has 2 aromatic heterocycles. The van der Waals surface area contributed by atoms with E-state index >= 15 is 0 Å². The van der Waals surface area contributed by atoms with Gasteiger partial charge in [0.2, 0.25) is 0 Å². The molecular weight excluding hydrogens is 302 g/mol. The molecule has 24 heavy (non-hydrogen) atoms. The van der Waals surface area contributed by atoms with Crippen LogP contribution >= 0.6 is 0 Å². The van der Waals surface area contributed by atoms with E-state index in [0.717, 1.165) is 47.7 Å². The molecule has 0 spiro atoms. The molecule has 1 saturated carbocycles. The number of hydrogen-bond acceptors (Lipinski definition) is 4. The van der Waals surface area contributed by atoms with E-state index in [1.54, 1.807) is 6.20 Å². The number of nitrogens with zero attached hydrogens (tertiary/aromatic N) is 5. The number of aromatic nitrogens is 4. The number of carbonyl (C=O) groups is 1. The van der Waals surface area contributed by atoms with Gasteiger partial charge in [-0.15, -0.1) is 0 Å². The van der Waals surface area contributed by atoms with Crippen LogP contribution in [0.4, 0.5) is 0 Å². The molecule has 2 aliphatic rings. The topological polar surface area (TPSA) is 63.9 Å². The monoisotopic (exact) mass is 325 g/mol. The van der Waals surface area contributed by atoms with Crippen molar-refractivity contribution in [2.24, 2.45) is 0 Å². The molecule has 0 N–H and O–H groups in total. The van der Waals surface area contributed by atoms with Gasteiger partial charge in [0, 0.05) is 43.7 Å². The highest BCUT2D eigenvalue weighted by molar-refractivity contribution is 5.95. The summed E-state index contributed by atoms with van der Waals surface area (Å²) in [6.45, 7) is 6.24. The van der Waals surface area contributed by atoms with E-state index in [4.69, 9.17) is 0 Å². The smallest absolute Gasteiger partial charge is 0.257 e. The molecular formula is C18H23N5O. The second-order valence-corrected chi connectivity index (χ2v) is 6.81. The molecule has 1 amide bonds. The molecule has 6 heteroatoms. The van der Waals surface area contributed by atoms with Crippen LogP contribution in [0.3, 0.4) is 0 Å². The number of hydrogen-bond donors (Lipinski definition) is 0. The molecule has 4 rings (SSSR count). The van der Waals surface area contributed by atoms with Gasteiger partial charge in [0.1, 0.15) is 5.82 Å². The molecule has 0 atom stereocenters. The summed E-state index contributed by atoms with van der Waals surface area (Å²) in [6, 6.07) is 0. The molecule has 0 saturated heterocycles. The fourth-order valence-electron chi connectivity index (χ4n) is 3.50. The lowest BCUT2D eigenvalue weighted by Crippen LogP contribution is -2.37. The maximum atomic E-state index is 13.1. The zero-order chi connectivity index (χ0) is 16.7. The third-order valence-corrected chi connectivity index (χ3v) is 4.85. The molecule has 3 heterocycles. The van der Waals surface area contributed by atoms with Gasteiger partial charge in [-0.1, -0.05) is 6.92 Å². The van der Waals surface area contributed by atoms with E-state index in [2.05, 4.69) is 22.0 Å². The van der Waals surface area contributed by atoms with Crippen LogP contribution in [0.5, 0.6) is 0 Å². The van der Waals surface area contributed by atoms with E-state index < -0.39 is 0 Å². The summed E-state index contributed by atoms with van der Waals surface area (Å²) in [7, 11) is 0. The quantitative estimate of drug-likeness (QED) is 0.866. The second-order valence-electron chi connectivity index (χ2n) is 6.81. The third kappa shape index (κ3) is 2.70. The molecule has 0 aromatic carbocycles. The lowest BCUT2D eigenvalue weighted by atomic mass is 10.1. The van der Waals surface area contributed by atoms with Crippen molar-refractivity contribution in [1.29, 1.82) is 0 Å². The van der Waals surface area contributed by atoms with Crippen molar-refractivity contribution >= 4 is 5.91 Å². The molecule has 0 radical (unpaired) electrons. The molecule has 1 fully saturated rings. The SMILES string of the molecule is CCCn1ncc(C(=O)N2CCc3nc(C)ncc3C2)c1C1CC1. The third-order valence-electron chi connectivity index (χ3n) is 4.85. The van der Waals surface area contributed by atoms with E-state index in [1.807, 2.05) is 22.7 Å². The highest BCUT2D eigenvalue weighted by Crippen LogP contribution is 2.42. The zero-order valence-electron chi connectivity index (χ0n) is 14.3. The van der Waals surface area contributed by atoms with Gasteiger partial charge in [0.25, 0.3) is 5.91 Å². The van der Waals surface area contributed by atoms with Gasteiger partial charge in [0.05, 0.1) is 23.1 Å². The lowest BCUT2D eigenvalue weighted by molar-refractivity contribution is 0.0732. The molecule has 0 unspecified atom stereocenters. The van der Waals surface area contributed by atoms with Gasteiger partial charge < -0.3 is 4.90 Å². The van der Waals surface area contributed by atoms with Crippen LogP contribution in [-0.2, 0) is 19.5 Å². The van der Waals surface area contributed by atoms with Crippen molar-refractivity contribution < 1.29 is 4.79 Å². The van der Waals surface area contributed by atoms with Gasteiger partial charge >= 0.3 is 0 Å². The van der Waals surface area contributed by atoms with Crippen LogP contribution in [-0.4, -0.2) is 37.1 Å². The first-order valence-corrected chi connectivity index (χ1v) is 8.83. The Morgan fingerprint density at radius 1 is 1.33 bits per heavy atom. The first kappa shape index (κ1) is 15.3. The largest absolute Gasteiger partial charge is 0.334 e. The van der Waals surface area contributed by atoms with Crippen LogP contribution in [0, 0.1) is 6.92 Å². The minimum Gasteiger partial charge on any atom is -0.334 e. The summed E-state index contributed by atoms with van der Waals surface area (Å²) >= 11 is 0. The van der Waals surface area contributed by atoms with Crippen molar-refractivity contribution in [3.8, 4) is 0 Å². The Morgan fingerprint density at radius 3 is 2.92 bits per heavy atom. The fourth-order valence-corrected chi connectivity index (χ4v) is 3.50. The lowest BCUT2D eigenvalue weighted by Gasteiger charge is -2.28. The van der Waals surface area contributed by atoms with E-state index in [1.165, 1.54) is 12.8 Å². The Hall–Kier alpha value is -2.24. The zero-order valence-corrected chi connectivity index (χ0v) is 14.3. The Labute approximate surface area is 141 Å². The Morgan fingerprint density at radius 2 is 2.17 bits per heavy atom. The van der Waals surface area contributed by atoms with Crippen LogP contribution in [0.1, 0.15) is 65.2 Å². The van der Waals surface area contributed by atoms with Crippen molar-refractivity contribution in [2.75, 3.05) is 6.54 Å². The predicted octanol–water partition coefficient (Wildman–Crippen LogP) is 2.47. The molecule has 1 aliphatic heterocycles. The van der Waals surface area contributed by atoms with Crippen LogP contribution in [0.15, 0.2) is 12.4 Å². The summed E-state index contributed by atoms with van der Waals surface area (Å²) < 4.78 is 2.04. The Kier molecular flexibility index (Phi) is 3.82. The van der Waals surface area contributed by atoms with Gasteiger partial charge in [-0.05, 0) is 26.2 Å². The Bertz CT molecular complexity index is 778. The highest BCUT2D eigenvalue weighted by atomic mass is 16.2. The van der Waals surface area contributed by atoms with Crippen molar-refractivity contribution in [3.63, 3.8) is 0 Å². The molecule has 126 valence electrons. The first-order chi connectivity index (χ1) is 11.7. The van der Waals surface area contributed by atoms with E-state index in [9.17, 15) is 4.79 Å². The second kappa shape index (κ2) is 6.00. The van der Waals surface area contributed by atoms with Gasteiger partial charge in [-0.2, -0.15) is 5.10 Å². The van der Waals surface area contributed by atoms with Gasteiger partial charge in [-0.25, -0.2) is 9.97 Å². The van der Waals surface area contributed by atoms with E-state index in [0.29, 0.717) is 19.0 Å². The standard InChI is InChI=1S/C18H23N5O/c1-3-7-23-17(13-4-5-13)15(10-20-23)18(24)22-8-6-16-14(11-22)9-19-12(2)21-16/h9-10,13H,3-8,11H2,1-2H3. The molecule has 0 bridgehead atoms. The molecule has 1 aliphatic carbocycles. The van der Waals surface area contributed by atoms with Gasteiger partial charge in [-0.3, -0.25) is 9.48 Å². The summed E-state index contributed by atoms with van der Waals surface area (Å²) in [5, 5.41) is 4.48. The maximum Gasteiger partial charge on any atom is 0.257 e. The van der Waals surface area contributed by atoms with Crippen molar-refractivity contribution in [2.45, 2.75) is 58.5 Å². The minimum atomic E-state index is 0.102. The summed E-state index contributed by atoms with van der Waals surface area (Å²) in [4.78, 5) is 23.8. The molecule has 2 aromatic rings. The van der Waals surface area contributed by atoms with Crippen LogP contribution in [0.25, 0.3) is 0 Å². The average Bonchev–Trinajstić information content (AvgIpc) is 3.34. The molecule has 6 nitrogen and oxygen atoms in total. The fraction of sp³-hybridized carbons (Fsp3) is 0.556. The van der Waals surface area contributed by atoms with Crippen molar-refractivity contribution in [1.82, 2.24) is 24.6 Å². The number of amides is 1. The normalized spacial score (nSPS) is 17.0. The summed E-state index contributed by atoms with van der Waals surface area (Å²) in [5.41, 5.74) is 4.08. The van der Waals surface area contributed by atoms with Crippen LogP contribution < -0.4 is 0 Å². The number of carbonyl (C=O) groups excluding carboxylic acids is 1. The summed E-state index contributed by atoms with van der Waals surface area (Å²) in [6.07, 6.45) is 7.80.